The first kappa shape index (κ1) is 15.5. The number of benzene rings is 1. The van der Waals surface area contributed by atoms with E-state index in [0.717, 1.165) is 18.4 Å². The molecule has 1 fully saturated rings. The SMILES string of the molecule is O=C(/C=C/c1cn(C2CCCCC2)nn1)OCc1ccccc1. The third-order valence-corrected chi connectivity index (χ3v) is 4.09. The van der Waals surface area contributed by atoms with E-state index in [-0.39, 0.29) is 12.6 Å². The Bertz CT molecular complexity index is 658. The van der Waals surface area contributed by atoms with Crippen LogP contribution in [0.25, 0.3) is 6.08 Å². The maximum atomic E-state index is 11.7. The van der Waals surface area contributed by atoms with E-state index in [9.17, 15) is 4.79 Å². The number of carbonyl (C=O) groups is 1. The largest absolute Gasteiger partial charge is 0.458 e. The molecule has 0 amide bonds. The molecule has 1 aliphatic rings. The number of esters is 1. The molecule has 0 N–H and O–H groups in total. The number of nitrogens with zero attached hydrogens (tertiary/aromatic N) is 3. The summed E-state index contributed by atoms with van der Waals surface area (Å²) in [6.07, 6.45) is 11.1. The zero-order valence-electron chi connectivity index (χ0n) is 13.1. The quantitative estimate of drug-likeness (QED) is 0.626. The average molecular weight is 311 g/mol. The molecule has 1 aromatic heterocycles. The number of hydrogen-bond acceptors (Lipinski definition) is 4. The minimum Gasteiger partial charge on any atom is -0.458 e. The van der Waals surface area contributed by atoms with Crippen LogP contribution in [0.5, 0.6) is 0 Å². The Balaban J connectivity index is 1.51. The van der Waals surface area contributed by atoms with Crippen LogP contribution < -0.4 is 0 Å². The fraction of sp³-hybridized carbons (Fsp3) is 0.389. The summed E-state index contributed by atoms with van der Waals surface area (Å²) >= 11 is 0. The summed E-state index contributed by atoms with van der Waals surface area (Å²) in [6, 6.07) is 10.1. The summed E-state index contributed by atoms with van der Waals surface area (Å²) < 4.78 is 7.12. The molecule has 0 aliphatic heterocycles. The number of rotatable bonds is 5. The fourth-order valence-corrected chi connectivity index (χ4v) is 2.82. The van der Waals surface area contributed by atoms with E-state index in [1.807, 2.05) is 41.2 Å². The highest BCUT2D eigenvalue weighted by molar-refractivity contribution is 5.86. The average Bonchev–Trinajstić information content (AvgIpc) is 3.09. The van der Waals surface area contributed by atoms with Gasteiger partial charge in [0, 0.05) is 6.08 Å². The van der Waals surface area contributed by atoms with Gasteiger partial charge < -0.3 is 4.74 Å². The molecule has 0 saturated heterocycles. The van der Waals surface area contributed by atoms with Gasteiger partial charge in [-0.1, -0.05) is 54.8 Å². The minimum absolute atomic E-state index is 0.277. The molecule has 0 spiro atoms. The van der Waals surface area contributed by atoms with Crippen LogP contribution in [-0.4, -0.2) is 21.0 Å². The van der Waals surface area contributed by atoms with Crippen molar-refractivity contribution in [3.63, 3.8) is 0 Å². The summed E-state index contributed by atoms with van der Waals surface area (Å²) in [7, 11) is 0. The van der Waals surface area contributed by atoms with Gasteiger partial charge in [0.15, 0.2) is 0 Å². The molecule has 0 radical (unpaired) electrons. The van der Waals surface area contributed by atoms with Crippen LogP contribution >= 0.6 is 0 Å². The molecule has 120 valence electrons. The van der Waals surface area contributed by atoms with E-state index in [2.05, 4.69) is 10.3 Å². The molecule has 23 heavy (non-hydrogen) atoms. The highest BCUT2D eigenvalue weighted by atomic mass is 16.5. The van der Waals surface area contributed by atoms with Gasteiger partial charge in [-0.25, -0.2) is 9.48 Å². The number of hydrogen-bond donors (Lipinski definition) is 0. The predicted molar refractivity (Wildman–Crippen MR) is 87.4 cm³/mol. The maximum Gasteiger partial charge on any atom is 0.331 e. The summed E-state index contributed by atoms with van der Waals surface area (Å²) in [5.74, 6) is -0.374. The highest BCUT2D eigenvalue weighted by Gasteiger charge is 2.16. The molecular weight excluding hydrogens is 290 g/mol. The Morgan fingerprint density at radius 2 is 2.00 bits per heavy atom. The molecular formula is C18H21N3O2. The standard InChI is InChI=1S/C18H21N3O2/c22-18(23-14-15-7-3-1-4-8-15)12-11-16-13-21(20-19-16)17-9-5-2-6-10-17/h1,3-4,7-8,11-13,17H,2,5-6,9-10,14H2/b12-11+. The monoisotopic (exact) mass is 311 g/mol. The van der Waals surface area contributed by atoms with Gasteiger partial charge in [0.05, 0.1) is 12.2 Å². The van der Waals surface area contributed by atoms with Crippen LogP contribution in [0.1, 0.15) is 49.4 Å². The molecule has 1 aliphatic carbocycles. The van der Waals surface area contributed by atoms with Gasteiger partial charge in [-0.15, -0.1) is 5.10 Å². The van der Waals surface area contributed by atoms with Crippen molar-refractivity contribution >= 4 is 12.0 Å². The third-order valence-electron chi connectivity index (χ3n) is 4.09. The van der Waals surface area contributed by atoms with Crippen molar-refractivity contribution in [2.75, 3.05) is 0 Å². The predicted octanol–water partition coefficient (Wildman–Crippen LogP) is 3.54. The lowest BCUT2D eigenvalue weighted by molar-refractivity contribution is -0.138. The molecule has 1 aromatic carbocycles. The van der Waals surface area contributed by atoms with Gasteiger partial charge in [-0.2, -0.15) is 0 Å². The van der Waals surface area contributed by atoms with Crippen molar-refractivity contribution in [2.24, 2.45) is 0 Å². The fourth-order valence-electron chi connectivity index (χ4n) is 2.82. The minimum atomic E-state index is -0.374. The first-order valence-electron chi connectivity index (χ1n) is 8.12. The van der Waals surface area contributed by atoms with Gasteiger partial charge in [0.2, 0.25) is 0 Å². The summed E-state index contributed by atoms with van der Waals surface area (Å²) in [4.78, 5) is 11.7. The van der Waals surface area contributed by atoms with Crippen LogP contribution in [0, 0.1) is 0 Å². The van der Waals surface area contributed by atoms with Crippen molar-refractivity contribution in [3.05, 3.63) is 53.9 Å². The van der Waals surface area contributed by atoms with Gasteiger partial charge in [-0.05, 0) is 24.5 Å². The van der Waals surface area contributed by atoms with Crippen molar-refractivity contribution in [1.82, 2.24) is 15.0 Å². The molecule has 1 heterocycles. The lowest BCUT2D eigenvalue weighted by Gasteiger charge is -2.20. The highest BCUT2D eigenvalue weighted by Crippen LogP contribution is 2.27. The normalized spacial score (nSPS) is 15.8. The lowest BCUT2D eigenvalue weighted by atomic mass is 9.96. The molecule has 0 atom stereocenters. The molecule has 5 heteroatoms. The van der Waals surface area contributed by atoms with E-state index in [1.54, 1.807) is 6.08 Å². The maximum absolute atomic E-state index is 11.7. The zero-order chi connectivity index (χ0) is 15.9. The first-order valence-corrected chi connectivity index (χ1v) is 8.12. The lowest BCUT2D eigenvalue weighted by Crippen LogP contribution is -2.13. The van der Waals surface area contributed by atoms with Gasteiger partial charge in [0.25, 0.3) is 0 Å². The molecule has 5 nitrogen and oxygen atoms in total. The zero-order valence-corrected chi connectivity index (χ0v) is 13.1. The third kappa shape index (κ3) is 4.52. The molecule has 0 bridgehead atoms. The summed E-state index contributed by atoms with van der Waals surface area (Å²) in [5.41, 5.74) is 1.66. The van der Waals surface area contributed by atoms with Crippen LogP contribution in [0.15, 0.2) is 42.6 Å². The molecule has 2 aromatic rings. The molecule has 3 rings (SSSR count). The van der Waals surface area contributed by atoms with Gasteiger partial charge in [0.1, 0.15) is 12.3 Å². The number of ether oxygens (including phenoxy) is 1. The van der Waals surface area contributed by atoms with Crippen LogP contribution in [0.4, 0.5) is 0 Å². The van der Waals surface area contributed by atoms with Crippen molar-refractivity contribution in [1.29, 1.82) is 0 Å². The van der Waals surface area contributed by atoms with E-state index in [1.165, 1.54) is 25.3 Å². The molecule has 0 unspecified atom stereocenters. The van der Waals surface area contributed by atoms with E-state index in [4.69, 9.17) is 4.74 Å². The Hall–Kier alpha value is -2.43. The van der Waals surface area contributed by atoms with E-state index >= 15 is 0 Å². The Kier molecular flexibility index (Phi) is 5.19. The second-order valence-corrected chi connectivity index (χ2v) is 5.84. The second kappa shape index (κ2) is 7.72. The first-order chi connectivity index (χ1) is 11.3. The van der Waals surface area contributed by atoms with E-state index < -0.39 is 0 Å². The van der Waals surface area contributed by atoms with Crippen LogP contribution in [-0.2, 0) is 16.1 Å². The van der Waals surface area contributed by atoms with Crippen LogP contribution in [0.2, 0.25) is 0 Å². The van der Waals surface area contributed by atoms with Crippen molar-refractivity contribution in [2.45, 2.75) is 44.8 Å². The van der Waals surface area contributed by atoms with Crippen molar-refractivity contribution < 1.29 is 9.53 Å². The second-order valence-electron chi connectivity index (χ2n) is 5.84. The van der Waals surface area contributed by atoms with E-state index in [0.29, 0.717) is 11.7 Å². The summed E-state index contributed by atoms with van der Waals surface area (Å²) in [6.45, 7) is 0.277. The Morgan fingerprint density at radius 1 is 1.22 bits per heavy atom. The smallest absolute Gasteiger partial charge is 0.331 e. The van der Waals surface area contributed by atoms with Gasteiger partial charge in [-0.3, -0.25) is 0 Å². The Morgan fingerprint density at radius 3 is 2.78 bits per heavy atom. The molecule has 1 saturated carbocycles. The number of aromatic nitrogens is 3. The Labute approximate surface area is 136 Å². The number of carbonyl (C=O) groups excluding carboxylic acids is 1. The topological polar surface area (TPSA) is 57.0 Å². The van der Waals surface area contributed by atoms with Crippen molar-refractivity contribution in [3.8, 4) is 0 Å². The van der Waals surface area contributed by atoms with Crippen LogP contribution in [0.3, 0.4) is 0 Å². The van der Waals surface area contributed by atoms with Gasteiger partial charge >= 0.3 is 5.97 Å². The summed E-state index contributed by atoms with van der Waals surface area (Å²) in [5, 5.41) is 8.27.